The Morgan fingerprint density at radius 2 is 1.85 bits per heavy atom. The van der Waals surface area contributed by atoms with Gasteiger partial charge < -0.3 is 23.5 Å². The lowest BCUT2D eigenvalue weighted by Crippen LogP contribution is -2.23. The van der Waals surface area contributed by atoms with Crippen molar-refractivity contribution in [3.05, 3.63) is 35.2 Å². The molecule has 2 atom stereocenters. The molecule has 148 valence electrons. The van der Waals surface area contributed by atoms with E-state index in [1.807, 2.05) is 25.1 Å². The molecule has 2 heterocycles. The molecule has 1 fully saturated rings. The van der Waals surface area contributed by atoms with Crippen LogP contribution < -0.4 is 14.2 Å². The molecule has 3 rings (SSSR count). The van der Waals surface area contributed by atoms with Crippen molar-refractivity contribution in [3.8, 4) is 17.2 Å². The molecule has 0 spiro atoms. The van der Waals surface area contributed by atoms with Gasteiger partial charge in [-0.15, -0.1) is 0 Å². The summed E-state index contributed by atoms with van der Waals surface area (Å²) in [7, 11) is 6.66. The summed E-state index contributed by atoms with van der Waals surface area (Å²) in [6.07, 6.45) is 0.973. The Bertz CT molecular complexity index is 761. The summed E-state index contributed by atoms with van der Waals surface area (Å²) >= 11 is 0. The van der Waals surface area contributed by atoms with Crippen LogP contribution in [0.2, 0.25) is 0 Å². The molecule has 1 aromatic carbocycles. The average Bonchev–Trinajstić information content (AvgIpc) is 3.26. The van der Waals surface area contributed by atoms with Crippen LogP contribution in [0.1, 0.15) is 17.0 Å². The van der Waals surface area contributed by atoms with E-state index in [4.69, 9.17) is 23.5 Å². The number of nitrogens with zero attached hydrogens (tertiary/aromatic N) is 2. The molecule has 0 radical (unpaired) electrons. The number of benzene rings is 1. The molecule has 0 saturated carbocycles. The Kier molecular flexibility index (Phi) is 6.23. The minimum Gasteiger partial charge on any atom is -0.493 e. The van der Waals surface area contributed by atoms with Gasteiger partial charge in [-0.1, -0.05) is 11.2 Å². The Morgan fingerprint density at radius 1 is 1.07 bits per heavy atom. The Labute approximate surface area is 160 Å². The van der Waals surface area contributed by atoms with Crippen LogP contribution in [0.4, 0.5) is 0 Å². The van der Waals surface area contributed by atoms with Gasteiger partial charge in [-0.05, 0) is 13.0 Å². The zero-order valence-corrected chi connectivity index (χ0v) is 16.7. The number of hydrogen-bond acceptors (Lipinski definition) is 7. The Morgan fingerprint density at radius 3 is 2.44 bits per heavy atom. The van der Waals surface area contributed by atoms with E-state index in [9.17, 15) is 0 Å². The van der Waals surface area contributed by atoms with Gasteiger partial charge in [0.1, 0.15) is 5.76 Å². The van der Waals surface area contributed by atoms with Crippen molar-refractivity contribution in [3.63, 3.8) is 0 Å². The van der Waals surface area contributed by atoms with Gasteiger partial charge in [0.2, 0.25) is 5.75 Å². The number of methoxy groups -OCH3 is 4. The topological polar surface area (TPSA) is 66.2 Å². The maximum Gasteiger partial charge on any atom is 0.203 e. The van der Waals surface area contributed by atoms with Gasteiger partial charge >= 0.3 is 0 Å². The van der Waals surface area contributed by atoms with Gasteiger partial charge in [0, 0.05) is 50.7 Å². The van der Waals surface area contributed by atoms with Gasteiger partial charge in [0.05, 0.1) is 33.1 Å². The van der Waals surface area contributed by atoms with Crippen LogP contribution in [0.5, 0.6) is 17.2 Å². The molecule has 1 saturated heterocycles. The fraction of sp³-hybridized carbons (Fsp3) is 0.550. The van der Waals surface area contributed by atoms with E-state index in [0.717, 1.165) is 43.1 Å². The monoisotopic (exact) mass is 376 g/mol. The lowest BCUT2D eigenvalue weighted by atomic mass is 10.0. The summed E-state index contributed by atoms with van der Waals surface area (Å²) < 4.78 is 27.6. The minimum atomic E-state index is 0.154. The summed E-state index contributed by atoms with van der Waals surface area (Å²) in [5.74, 6) is 3.25. The molecule has 27 heavy (non-hydrogen) atoms. The second-order valence-corrected chi connectivity index (χ2v) is 6.86. The van der Waals surface area contributed by atoms with Crippen LogP contribution in [0.15, 0.2) is 22.7 Å². The van der Waals surface area contributed by atoms with Crippen LogP contribution in [-0.4, -0.2) is 57.7 Å². The number of aromatic nitrogens is 1. The molecule has 7 nitrogen and oxygen atoms in total. The number of hydrogen-bond donors (Lipinski definition) is 0. The maximum absolute atomic E-state index is 5.73. The molecule has 0 amide bonds. The summed E-state index contributed by atoms with van der Waals surface area (Å²) in [4.78, 5) is 2.37. The van der Waals surface area contributed by atoms with E-state index in [1.165, 1.54) is 0 Å². The number of aryl methyl sites for hydroxylation is 1. The fourth-order valence-electron chi connectivity index (χ4n) is 3.82. The first-order valence-electron chi connectivity index (χ1n) is 9.04. The van der Waals surface area contributed by atoms with E-state index in [1.54, 1.807) is 28.4 Å². The number of likely N-dealkylation sites (tertiary alicyclic amines) is 1. The van der Waals surface area contributed by atoms with E-state index in [0.29, 0.717) is 23.2 Å². The number of ether oxygens (including phenoxy) is 4. The summed E-state index contributed by atoms with van der Waals surface area (Å²) in [5.41, 5.74) is 1.96. The second kappa shape index (κ2) is 8.63. The maximum atomic E-state index is 5.73. The SMILES string of the molecule is COc1ccc(CN2CC(Cc3cc(C)no3)C(OC)C2)c(OC)c1OC. The summed E-state index contributed by atoms with van der Waals surface area (Å²) in [5, 5.41) is 3.98. The lowest BCUT2D eigenvalue weighted by molar-refractivity contribution is 0.0761. The summed E-state index contributed by atoms with van der Waals surface area (Å²) in [6.45, 7) is 4.45. The van der Waals surface area contributed by atoms with Crippen molar-refractivity contribution < 1.29 is 23.5 Å². The highest BCUT2D eigenvalue weighted by molar-refractivity contribution is 5.55. The van der Waals surface area contributed by atoms with Crippen LogP contribution >= 0.6 is 0 Å². The van der Waals surface area contributed by atoms with Crippen molar-refractivity contribution >= 4 is 0 Å². The first kappa shape index (κ1) is 19.5. The van der Waals surface area contributed by atoms with Crippen LogP contribution in [0.25, 0.3) is 0 Å². The van der Waals surface area contributed by atoms with Crippen LogP contribution in [-0.2, 0) is 17.7 Å². The molecule has 2 aromatic rings. The first-order chi connectivity index (χ1) is 13.1. The predicted octanol–water partition coefficient (Wildman–Crippen LogP) is 2.70. The highest BCUT2D eigenvalue weighted by Gasteiger charge is 2.34. The third kappa shape index (κ3) is 4.20. The highest BCUT2D eigenvalue weighted by Crippen LogP contribution is 2.40. The third-order valence-corrected chi connectivity index (χ3v) is 5.08. The Balaban J connectivity index is 1.74. The zero-order valence-electron chi connectivity index (χ0n) is 16.7. The molecule has 0 N–H and O–H groups in total. The number of rotatable bonds is 8. The molecular weight excluding hydrogens is 348 g/mol. The van der Waals surface area contributed by atoms with Crippen molar-refractivity contribution in [1.29, 1.82) is 0 Å². The molecule has 7 heteroatoms. The molecule has 0 bridgehead atoms. The third-order valence-electron chi connectivity index (χ3n) is 5.08. The molecule has 2 unspecified atom stereocenters. The van der Waals surface area contributed by atoms with E-state index >= 15 is 0 Å². The molecule has 0 aliphatic carbocycles. The fourth-order valence-corrected chi connectivity index (χ4v) is 3.82. The molecule has 1 aliphatic rings. The second-order valence-electron chi connectivity index (χ2n) is 6.86. The van der Waals surface area contributed by atoms with E-state index in [2.05, 4.69) is 10.1 Å². The molecular formula is C20H28N2O5. The average molecular weight is 376 g/mol. The zero-order chi connectivity index (χ0) is 19.4. The lowest BCUT2D eigenvalue weighted by Gasteiger charge is -2.20. The van der Waals surface area contributed by atoms with Gasteiger partial charge in [-0.3, -0.25) is 4.90 Å². The van der Waals surface area contributed by atoms with Crippen molar-refractivity contribution in [2.45, 2.75) is 26.0 Å². The van der Waals surface area contributed by atoms with Gasteiger partial charge in [-0.25, -0.2) is 0 Å². The molecule has 1 aromatic heterocycles. The standard InChI is InChI=1S/C20H28N2O5/c1-13-8-16(27-21-13)9-15-11-22(12-18(15)24-3)10-14-6-7-17(23-2)20(26-5)19(14)25-4/h6-8,15,18H,9-12H2,1-5H3. The largest absolute Gasteiger partial charge is 0.493 e. The minimum absolute atomic E-state index is 0.154. The van der Waals surface area contributed by atoms with E-state index < -0.39 is 0 Å². The van der Waals surface area contributed by atoms with E-state index in [-0.39, 0.29) is 6.10 Å². The first-order valence-corrected chi connectivity index (χ1v) is 9.04. The van der Waals surface area contributed by atoms with Crippen LogP contribution in [0.3, 0.4) is 0 Å². The van der Waals surface area contributed by atoms with Crippen molar-refractivity contribution in [2.24, 2.45) is 5.92 Å². The van der Waals surface area contributed by atoms with Crippen LogP contribution in [0, 0.1) is 12.8 Å². The van der Waals surface area contributed by atoms with Gasteiger partial charge in [0.15, 0.2) is 11.5 Å². The van der Waals surface area contributed by atoms with Crippen molar-refractivity contribution in [2.75, 3.05) is 41.5 Å². The van der Waals surface area contributed by atoms with Crippen molar-refractivity contribution in [1.82, 2.24) is 10.1 Å². The molecule has 1 aliphatic heterocycles. The highest BCUT2D eigenvalue weighted by atomic mass is 16.5. The van der Waals surface area contributed by atoms with Gasteiger partial charge in [0.25, 0.3) is 0 Å². The quantitative estimate of drug-likeness (QED) is 0.702. The van der Waals surface area contributed by atoms with Gasteiger partial charge in [-0.2, -0.15) is 0 Å². The normalized spacial score (nSPS) is 20.0. The smallest absolute Gasteiger partial charge is 0.203 e. The summed E-state index contributed by atoms with van der Waals surface area (Å²) in [6, 6.07) is 5.93. The Hall–Kier alpha value is -2.25. The predicted molar refractivity (Wildman–Crippen MR) is 101 cm³/mol.